The van der Waals surface area contributed by atoms with Crippen molar-refractivity contribution < 1.29 is 15.0 Å². The summed E-state index contributed by atoms with van der Waals surface area (Å²) in [5.41, 5.74) is 1.23. The number of rotatable bonds is 4. The first-order valence-corrected chi connectivity index (χ1v) is 6.80. The van der Waals surface area contributed by atoms with Crippen molar-refractivity contribution in [3.63, 3.8) is 0 Å². The molecule has 0 spiro atoms. The monoisotopic (exact) mass is 263 g/mol. The minimum atomic E-state index is -0.249. The van der Waals surface area contributed by atoms with Gasteiger partial charge in [0.1, 0.15) is 5.75 Å². The lowest BCUT2D eigenvalue weighted by Gasteiger charge is -2.18. The largest absolute Gasteiger partial charge is 0.507 e. The first-order valence-electron chi connectivity index (χ1n) is 6.80. The Bertz CT molecular complexity index is 459. The van der Waals surface area contributed by atoms with Crippen LogP contribution in [0.1, 0.15) is 35.2 Å². The predicted molar refractivity (Wildman–Crippen MR) is 73.1 cm³/mol. The van der Waals surface area contributed by atoms with Crippen molar-refractivity contribution in [2.24, 2.45) is 11.8 Å². The van der Waals surface area contributed by atoms with Gasteiger partial charge < -0.3 is 15.5 Å². The number of phenolic OH excluding ortho intramolecular Hbond substituents is 1. The van der Waals surface area contributed by atoms with E-state index in [9.17, 15) is 15.0 Å². The van der Waals surface area contributed by atoms with Gasteiger partial charge in [0.15, 0.2) is 0 Å². The van der Waals surface area contributed by atoms with Crippen LogP contribution in [-0.4, -0.2) is 29.3 Å². The van der Waals surface area contributed by atoms with E-state index in [1.165, 1.54) is 0 Å². The van der Waals surface area contributed by atoms with Crippen LogP contribution in [0.3, 0.4) is 0 Å². The van der Waals surface area contributed by atoms with Crippen LogP contribution in [0.5, 0.6) is 5.75 Å². The molecular weight excluding hydrogens is 242 g/mol. The average molecular weight is 263 g/mol. The van der Waals surface area contributed by atoms with Crippen molar-refractivity contribution in [2.75, 3.05) is 13.2 Å². The van der Waals surface area contributed by atoms with E-state index in [0.29, 0.717) is 23.9 Å². The number of aliphatic hydroxyl groups is 1. The molecule has 1 saturated carbocycles. The molecule has 1 aliphatic rings. The molecule has 0 aromatic heterocycles. The molecule has 1 aromatic rings. The smallest absolute Gasteiger partial charge is 0.255 e. The van der Waals surface area contributed by atoms with Crippen LogP contribution < -0.4 is 5.32 Å². The van der Waals surface area contributed by atoms with Crippen LogP contribution in [0.15, 0.2) is 18.2 Å². The number of hydrogen-bond acceptors (Lipinski definition) is 3. The molecule has 2 atom stereocenters. The quantitative estimate of drug-likeness (QED) is 0.776. The van der Waals surface area contributed by atoms with E-state index in [4.69, 9.17) is 0 Å². The zero-order valence-electron chi connectivity index (χ0n) is 11.2. The van der Waals surface area contributed by atoms with E-state index in [-0.39, 0.29) is 18.3 Å². The van der Waals surface area contributed by atoms with Crippen molar-refractivity contribution >= 4 is 5.91 Å². The molecule has 3 N–H and O–H groups in total. The van der Waals surface area contributed by atoms with Gasteiger partial charge in [-0.1, -0.05) is 12.5 Å². The third-order valence-electron chi connectivity index (χ3n) is 3.97. The van der Waals surface area contributed by atoms with Crippen LogP contribution in [0, 0.1) is 18.8 Å². The number of phenols is 1. The molecule has 104 valence electrons. The van der Waals surface area contributed by atoms with Crippen LogP contribution >= 0.6 is 0 Å². The second kappa shape index (κ2) is 6.06. The van der Waals surface area contributed by atoms with Gasteiger partial charge in [0.2, 0.25) is 0 Å². The number of amides is 1. The highest BCUT2D eigenvalue weighted by atomic mass is 16.3. The van der Waals surface area contributed by atoms with Gasteiger partial charge in [-0.15, -0.1) is 0 Å². The first kappa shape index (κ1) is 13.9. The molecule has 0 bridgehead atoms. The summed E-state index contributed by atoms with van der Waals surface area (Å²) >= 11 is 0. The molecule has 1 fully saturated rings. The number of aryl methyl sites for hydroxylation is 1. The lowest BCUT2D eigenvalue weighted by atomic mass is 9.97. The van der Waals surface area contributed by atoms with Crippen molar-refractivity contribution in [3.05, 3.63) is 29.3 Å². The summed E-state index contributed by atoms with van der Waals surface area (Å²) in [6.07, 6.45) is 3.19. The van der Waals surface area contributed by atoms with Crippen LogP contribution in [-0.2, 0) is 0 Å². The molecule has 0 heterocycles. The minimum absolute atomic E-state index is 0.0163. The molecule has 2 unspecified atom stereocenters. The Kier molecular flexibility index (Phi) is 4.43. The summed E-state index contributed by atoms with van der Waals surface area (Å²) in [5.74, 6) is 0.414. The standard InChI is InChI=1S/C15H21NO3/c1-10-5-6-13(14(18)7-10)15(19)16-8-11-3-2-4-12(11)9-17/h5-7,11-12,17-18H,2-4,8-9H2,1H3,(H,16,19). The molecule has 4 heteroatoms. The SMILES string of the molecule is Cc1ccc(C(=O)NCC2CCCC2CO)c(O)c1. The maximum Gasteiger partial charge on any atom is 0.255 e. The molecule has 0 aliphatic heterocycles. The van der Waals surface area contributed by atoms with E-state index >= 15 is 0 Å². The highest BCUT2D eigenvalue weighted by molar-refractivity contribution is 5.96. The van der Waals surface area contributed by atoms with Crippen molar-refractivity contribution in [3.8, 4) is 5.75 Å². The van der Waals surface area contributed by atoms with Crippen molar-refractivity contribution in [1.82, 2.24) is 5.32 Å². The van der Waals surface area contributed by atoms with Gasteiger partial charge in [0.25, 0.3) is 5.91 Å². The third kappa shape index (κ3) is 3.26. The predicted octanol–water partition coefficient (Wildman–Crippen LogP) is 1.84. The summed E-state index contributed by atoms with van der Waals surface area (Å²) in [6, 6.07) is 5.03. The number of carbonyl (C=O) groups is 1. The Morgan fingerprint density at radius 2 is 2.11 bits per heavy atom. The molecular formula is C15H21NO3. The van der Waals surface area contributed by atoms with E-state index in [1.54, 1.807) is 18.2 Å². The molecule has 19 heavy (non-hydrogen) atoms. The fourth-order valence-electron chi connectivity index (χ4n) is 2.78. The highest BCUT2D eigenvalue weighted by Crippen LogP contribution is 2.30. The second-order valence-electron chi connectivity index (χ2n) is 5.36. The van der Waals surface area contributed by atoms with Gasteiger partial charge in [-0.2, -0.15) is 0 Å². The lowest BCUT2D eigenvalue weighted by Crippen LogP contribution is -2.31. The molecule has 4 nitrogen and oxygen atoms in total. The lowest BCUT2D eigenvalue weighted by molar-refractivity contribution is 0.0935. The fourth-order valence-corrected chi connectivity index (χ4v) is 2.78. The van der Waals surface area contributed by atoms with Gasteiger partial charge in [-0.3, -0.25) is 4.79 Å². The highest BCUT2D eigenvalue weighted by Gasteiger charge is 2.27. The van der Waals surface area contributed by atoms with Gasteiger partial charge >= 0.3 is 0 Å². The van der Waals surface area contributed by atoms with Crippen LogP contribution in [0.25, 0.3) is 0 Å². The first-order chi connectivity index (χ1) is 9.11. The van der Waals surface area contributed by atoms with E-state index in [2.05, 4.69) is 5.32 Å². The Hall–Kier alpha value is -1.55. The van der Waals surface area contributed by atoms with E-state index in [1.807, 2.05) is 6.92 Å². The van der Waals surface area contributed by atoms with Crippen molar-refractivity contribution in [2.45, 2.75) is 26.2 Å². The van der Waals surface area contributed by atoms with E-state index < -0.39 is 0 Å². The van der Waals surface area contributed by atoms with Crippen LogP contribution in [0.2, 0.25) is 0 Å². The molecule has 1 aliphatic carbocycles. The number of benzene rings is 1. The van der Waals surface area contributed by atoms with Crippen LogP contribution in [0.4, 0.5) is 0 Å². The summed E-state index contributed by atoms with van der Waals surface area (Å²) in [5, 5.41) is 21.8. The zero-order valence-corrected chi connectivity index (χ0v) is 11.2. The summed E-state index contributed by atoms with van der Waals surface area (Å²) in [6.45, 7) is 2.62. The van der Waals surface area contributed by atoms with Gasteiger partial charge in [-0.25, -0.2) is 0 Å². The van der Waals surface area contributed by atoms with E-state index in [0.717, 1.165) is 24.8 Å². The van der Waals surface area contributed by atoms with Gasteiger partial charge in [0, 0.05) is 13.2 Å². The van der Waals surface area contributed by atoms with Gasteiger partial charge in [0.05, 0.1) is 5.56 Å². The maximum absolute atomic E-state index is 12.0. The minimum Gasteiger partial charge on any atom is -0.507 e. The number of hydrogen-bond donors (Lipinski definition) is 3. The maximum atomic E-state index is 12.0. The molecule has 0 radical (unpaired) electrons. The number of nitrogens with one attached hydrogen (secondary N) is 1. The topological polar surface area (TPSA) is 69.6 Å². The van der Waals surface area contributed by atoms with Crippen molar-refractivity contribution in [1.29, 1.82) is 0 Å². The average Bonchev–Trinajstić information content (AvgIpc) is 2.83. The number of aromatic hydroxyl groups is 1. The molecule has 0 saturated heterocycles. The molecule has 1 amide bonds. The number of carbonyl (C=O) groups excluding carboxylic acids is 1. The second-order valence-corrected chi connectivity index (χ2v) is 5.36. The summed E-state index contributed by atoms with van der Waals surface area (Å²) in [7, 11) is 0. The summed E-state index contributed by atoms with van der Waals surface area (Å²) in [4.78, 5) is 12.0. The Morgan fingerprint density at radius 3 is 2.79 bits per heavy atom. The third-order valence-corrected chi connectivity index (χ3v) is 3.97. The number of aliphatic hydroxyl groups excluding tert-OH is 1. The Morgan fingerprint density at radius 1 is 1.37 bits per heavy atom. The Balaban J connectivity index is 1.94. The zero-order chi connectivity index (χ0) is 13.8. The molecule has 1 aromatic carbocycles. The summed E-state index contributed by atoms with van der Waals surface area (Å²) < 4.78 is 0. The van der Waals surface area contributed by atoms with Gasteiger partial charge in [-0.05, 0) is 49.3 Å². The normalized spacial score (nSPS) is 22.4. The Labute approximate surface area is 113 Å². The fraction of sp³-hybridized carbons (Fsp3) is 0.533. The molecule has 2 rings (SSSR count).